The summed E-state index contributed by atoms with van der Waals surface area (Å²) < 4.78 is 5.35. The molecule has 2 rings (SSSR count). The summed E-state index contributed by atoms with van der Waals surface area (Å²) in [7, 11) is 5.99. The van der Waals surface area contributed by atoms with Gasteiger partial charge in [0, 0.05) is 33.4 Å². The number of methoxy groups -OCH3 is 1. The van der Waals surface area contributed by atoms with Crippen molar-refractivity contribution in [2.75, 3.05) is 40.9 Å². The SMILES string of the molecule is CCNC(=NCc1cccc(CN(C)C)c1)NCC1(CCOC)CCCC1. The quantitative estimate of drug-likeness (QED) is 0.487. The summed E-state index contributed by atoms with van der Waals surface area (Å²) in [5.41, 5.74) is 2.94. The van der Waals surface area contributed by atoms with Gasteiger partial charge in [0.2, 0.25) is 0 Å². The van der Waals surface area contributed by atoms with Gasteiger partial charge in [0.25, 0.3) is 0 Å². The lowest BCUT2D eigenvalue weighted by atomic mass is 9.83. The van der Waals surface area contributed by atoms with Crippen LogP contribution in [0.3, 0.4) is 0 Å². The first-order valence-electron chi connectivity index (χ1n) is 10.3. The molecule has 5 heteroatoms. The Bertz CT molecular complexity index is 579. The molecular weight excluding hydrogens is 336 g/mol. The van der Waals surface area contributed by atoms with Crippen LogP contribution in [0, 0.1) is 5.41 Å². The van der Waals surface area contributed by atoms with Crippen molar-refractivity contribution in [2.24, 2.45) is 10.4 Å². The molecule has 0 unspecified atom stereocenters. The molecular formula is C22H38N4O. The van der Waals surface area contributed by atoms with E-state index >= 15 is 0 Å². The number of rotatable bonds is 10. The Hall–Kier alpha value is -1.59. The minimum Gasteiger partial charge on any atom is -0.385 e. The second-order valence-electron chi connectivity index (χ2n) is 8.06. The number of hydrogen-bond donors (Lipinski definition) is 2. The predicted molar refractivity (Wildman–Crippen MR) is 114 cm³/mol. The summed E-state index contributed by atoms with van der Waals surface area (Å²) in [5, 5.41) is 7.00. The standard InChI is InChI=1S/C22H38N4O/c1-5-23-21(25-18-22(13-14-27-4)11-6-7-12-22)24-16-19-9-8-10-20(15-19)17-26(2)3/h8-10,15H,5-7,11-14,16-18H2,1-4H3,(H2,23,24,25). The molecule has 0 heterocycles. The second-order valence-corrected chi connectivity index (χ2v) is 8.06. The number of ether oxygens (including phenoxy) is 1. The Balaban J connectivity index is 1.97. The Labute approximate surface area is 165 Å². The topological polar surface area (TPSA) is 48.9 Å². The van der Waals surface area contributed by atoms with Crippen molar-refractivity contribution in [1.82, 2.24) is 15.5 Å². The maximum Gasteiger partial charge on any atom is 0.191 e. The van der Waals surface area contributed by atoms with Crippen molar-refractivity contribution >= 4 is 5.96 Å². The number of benzene rings is 1. The molecule has 0 amide bonds. The van der Waals surface area contributed by atoms with E-state index in [1.165, 1.54) is 36.8 Å². The summed E-state index contributed by atoms with van der Waals surface area (Å²) >= 11 is 0. The molecule has 5 nitrogen and oxygen atoms in total. The number of hydrogen-bond acceptors (Lipinski definition) is 3. The fourth-order valence-electron chi connectivity index (χ4n) is 3.93. The van der Waals surface area contributed by atoms with Crippen LogP contribution in [0.4, 0.5) is 0 Å². The van der Waals surface area contributed by atoms with E-state index in [9.17, 15) is 0 Å². The highest BCUT2D eigenvalue weighted by Gasteiger charge is 2.33. The molecule has 0 bridgehead atoms. The van der Waals surface area contributed by atoms with Crippen LogP contribution in [-0.2, 0) is 17.8 Å². The first-order chi connectivity index (χ1) is 13.1. The van der Waals surface area contributed by atoms with Crippen LogP contribution in [0.25, 0.3) is 0 Å². The molecule has 27 heavy (non-hydrogen) atoms. The van der Waals surface area contributed by atoms with Crippen LogP contribution in [-0.4, -0.2) is 51.8 Å². The first-order valence-corrected chi connectivity index (χ1v) is 10.3. The minimum absolute atomic E-state index is 0.359. The number of nitrogens with zero attached hydrogens (tertiary/aromatic N) is 2. The zero-order chi connectivity index (χ0) is 19.5. The zero-order valence-electron chi connectivity index (χ0n) is 17.7. The van der Waals surface area contributed by atoms with Crippen molar-refractivity contribution in [3.8, 4) is 0 Å². The average molecular weight is 375 g/mol. The Morgan fingerprint density at radius 3 is 2.59 bits per heavy atom. The lowest BCUT2D eigenvalue weighted by Crippen LogP contribution is -2.43. The predicted octanol–water partition coefficient (Wildman–Crippen LogP) is 3.40. The van der Waals surface area contributed by atoms with E-state index in [0.29, 0.717) is 12.0 Å². The van der Waals surface area contributed by atoms with Gasteiger partial charge in [0.15, 0.2) is 5.96 Å². The summed E-state index contributed by atoms with van der Waals surface area (Å²) in [4.78, 5) is 7.02. The van der Waals surface area contributed by atoms with E-state index in [1.54, 1.807) is 7.11 Å². The van der Waals surface area contributed by atoms with Gasteiger partial charge < -0.3 is 20.3 Å². The third-order valence-corrected chi connectivity index (χ3v) is 5.39. The minimum atomic E-state index is 0.359. The Kier molecular flexibility index (Phi) is 9.08. The molecule has 0 spiro atoms. The summed E-state index contributed by atoms with van der Waals surface area (Å²) in [5.74, 6) is 0.916. The van der Waals surface area contributed by atoms with E-state index < -0.39 is 0 Å². The van der Waals surface area contributed by atoms with Crippen molar-refractivity contribution < 1.29 is 4.74 Å². The van der Waals surface area contributed by atoms with Crippen LogP contribution < -0.4 is 10.6 Å². The monoisotopic (exact) mass is 374 g/mol. The molecule has 1 aliphatic rings. The molecule has 1 saturated carbocycles. The molecule has 0 atom stereocenters. The maximum absolute atomic E-state index is 5.35. The molecule has 152 valence electrons. The summed E-state index contributed by atoms with van der Waals surface area (Å²) in [6.45, 7) is 6.46. The fourth-order valence-corrected chi connectivity index (χ4v) is 3.93. The molecule has 0 aliphatic heterocycles. The molecule has 1 fully saturated rings. The van der Waals surface area contributed by atoms with Crippen molar-refractivity contribution in [1.29, 1.82) is 0 Å². The van der Waals surface area contributed by atoms with Crippen LogP contribution in [0.1, 0.15) is 50.2 Å². The van der Waals surface area contributed by atoms with Crippen molar-refractivity contribution in [3.63, 3.8) is 0 Å². The average Bonchev–Trinajstić information content (AvgIpc) is 3.11. The van der Waals surface area contributed by atoms with E-state index in [2.05, 4.69) is 60.8 Å². The highest BCUT2D eigenvalue weighted by molar-refractivity contribution is 5.79. The van der Waals surface area contributed by atoms with Crippen LogP contribution in [0.2, 0.25) is 0 Å². The largest absolute Gasteiger partial charge is 0.385 e. The molecule has 1 aromatic carbocycles. The number of aliphatic imine (C=N–C) groups is 1. The molecule has 0 radical (unpaired) electrons. The Morgan fingerprint density at radius 1 is 1.19 bits per heavy atom. The van der Waals surface area contributed by atoms with Gasteiger partial charge >= 0.3 is 0 Å². The number of guanidine groups is 1. The van der Waals surface area contributed by atoms with Gasteiger partial charge in [-0.15, -0.1) is 0 Å². The van der Waals surface area contributed by atoms with E-state index in [-0.39, 0.29) is 0 Å². The highest BCUT2D eigenvalue weighted by atomic mass is 16.5. The molecule has 0 aromatic heterocycles. The summed E-state index contributed by atoms with van der Waals surface area (Å²) in [6, 6.07) is 8.71. The van der Waals surface area contributed by atoms with Crippen LogP contribution >= 0.6 is 0 Å². The zero-order valence-corrected chi connectivity index (χ0v) is 17.7. The van der Waals surface area contributed by atoms with Gasteiger partial charge in [-0.05, 0) is 56.8 Å². The van der Waals surface area contributed by atoms with Crippen LogP contribution in [0.15, 0.2) is 29.3 Å². The van der Waals surface area contributed by atoms with Crippen molar-refractivity contribution in [3.05, 3.63) is 35.4 Å². The van der Waals surface area contributed by atoms with E-state index in [1.807, 2.05) is 0 Å². The third kappa shape index (κ3) is 7.51. The lowest BCUT2D eigenvalue weighted by molar-refractivity contribution is 0.138. The van der Waals surface area contributed by atoms with Gasteiger partial charge in [-0.25, -0.2) is 4.99 Å². The maximum atomic E-state index is 5.35. The lowest BCUT2D eigenvalue weighted by Gasteiger charge is -2.30. The van der Waals surface area contributed by atoms with E-state index in [4.69, 9.17) is 9.73 Å². The Morgan fingerprint density at radius 2 is 1.93 bits per heavy atom. The number of nitrogens with one attached hydrogen (secondary N) is 2. The second kappa shape index (κ2) is 11.3. The summed E-state index contributed by atoms with van der Waals surface area (Å²) in [6.07, 6.45) is 6.36. The van der Waals surface area contributed by atoms with Gasteiger partial charge in [-0.3, -0.25) is 0 Å². The van der Waals surface area contributed by atoms with Crippen LogP contribution in [0.5, 0.6) is 0 Å². The smallest absolute Gasteiger partial charge is 0.191 e. The third-order valence-electron chi connectivity index (χ3n) is 5.39. The van der Waals surface area contributed by atoms with Crippen molar-refractivity contribution in [2.45, 2.75) is 52.1 Å². The highest BCUT2D eigenvalue weighted by Crippen LogP contribution is 2.40. The fraction of sp³-hybridized carbons (Fsp3) is 0.682. The molecule has 0 saturated heterocycles. The first kappa shape index (κ1) is 21.7. The van der Waals surface area contributed by atoms with Gasteiger partial charge in [0.1, 0.15) is 0 Å². The molecule has 1 aromatic rings. The van der Waals surface area contributed by atoms with Gasteiger partial charge in [0.05, 0.1) is 6.54 Å². The molecule has 2 N–H and O–H groups in total. The molecule has 1 aliphatic carbocycles. The van der Waals surface area contributed by atoms with Gasteiger partial charge in [-0.2, -0.15) is 0 Å². The normalized spacial score (nSPS) is 16.7. The van der Waals surface area contributed by atoms with Gasteiger partial charge in [-0.1, -0.05) is 37.1 Å². The van der Waals surface area contributed by atoms with E-state index in [0.717, 1.165) is 38.6 Å².